The van der Waals surface area contributed by atoms with Crippen LogP contribution < -0.4 is 9.47 Å². The number of aromatic carboxylic acids is 1. The number of carbonyl (C=O) groups is 1. The highest BCUT2D eigenvalue weighted by Gasteiger charge is 2.11. The smallest absolute Gasteiger partial charge is 0.356 e. The molecule has 0 fully saturated rings. The van der Waals surface area contributed by atoms with Crippen LogP contribution in [0.2, 0.25) is 0 Å². The molecule has 0 spiro atoms. The summed E-state index contributed by atoms with van der Waals surface area (Å²) < 4.78 is 10.2. The van der Waals surface area contributed by atoms with Crippen molar-refractivity contribution >= 4 is 16.9 Å². The Labute approximate surface area is 96.8 Å². The summed E-state index contributed by atoms with van der Waals surface area (Å²) in [5.74, 6) is -0.0549. The second-order valence-electron chi connectivity index (χ2n) is 3.30. The maximum absolute atomic E-state index is 10.8. The Balaban J connectivity index is 2.71. The molecule has 1 N–H and O–H groups in total. The molecule has 2 aromatic rings. The Bertz CT molecular complexity index is 583. The van der Waals surface area contributed by atoms with E-state index in [2.05, 4.69) is 10.2 Å². The number of benzene rings is 1. The SMILES string of the molecule is COc1cc(OC)c2cc(C(=O)O)nnc2c1. The van der Waals surface area contributed by atoms with Gasteiger partial charge >= 0.3 is 5.97 Å². The zero-order valence-electron chi connectivity index (χ0n) is 9.30. The third-order valence-electron chi connectivity index (χ3n) is 2.32. The molecule has 1 aromatic heterocycles. The highest BCUT2D eigenvalue weighted by atomic mass is 16.5. The molecule has 1 heterocycles. The van der Waals surface area contributed by atoms with Crippen LogP contribution in [0.5, 0.6) is 11.5 Å². The van der Waals surface area contributed by atoms with E-state index in [4.69, 9.17) is 14.6 Å². The number of aromatic nitrogens is 2. The normalized spacial score (nSPS) is 10.2. The zero-order valence-corrected chi connectivity index (χ0v) is 9.30. The molecule has 1 aromatic carbocycles. The maximum Gasteiger partial charge on any atom is 0.356 e. The lowest BCUT2D eigenvalue weighted by molar-refractivity contribution is 0.0689. The summed E-state index contributed by atoms with van der Waals surface area (Å²) in [4.78, 5) is 10.8. The topological polar surface area (TPSA) is 81.5 Å². The van der Waals surface area contributed by atoms with Crippen LogP contribution in [-0.4, -0.2) is 35.5 Å². The Hall–Kier alpha value is -2.37. The van der Waals surface area contributed by atoms with Gasteiger partial charge in [0.2, 0.25) is 0 Å². The van der Waals surface area contributed by atoms with Gasteiger partial charge in [-0.2, -0.15) is 0 Å². The second kappa shape index (κ2) is 4.25. The molecule has 6 heteroatoms. The van der Waals surface area contributed by atoms with E-state index in [9.17, 15) is 4.79 Å². The van der Waals surface area contributed by atoms with Gasteiger partial charge in [0.25, 0.3) is 0 Å². The molecule has 88 valence electrons. The number of hydrogen-bond donors (Lipinski definition) is 1. The van der Waals surface area contributed by atoms with Gasteiger partial charge in [0.05, 0.1) is 14.2 Å². The first-order valence-corrected chi connectivity index (χ1v) is 4.78. The van der Waals surface area contributed by atoms with Crippen molar-refractivity contribution in [2.75, 3.05) is 14.2 Å². The molecule has 2 rings (SSSR count). The molecule has 17 heavy (non-hydrogen) atoms. The van der Waals surface area contributed by atoms with Crippen molar-refractivity contribution in [3.63, 3.8) is 0 Å². The molecule has 0 radical (unpaired) electrons. The molecule has 0 aliphatic rings. The second-order valence-corrected chi connectivity index (χ2v) is 3.30. The van der Waals surface area contributed by atoms with Gasteiger partial charge in [0.15, 0.2) is 5.69 Å². The molecule has 0 aliphatic heterocycles. The fourth-order valence-electron chi connectivity index (χ4n) is 1.48. The fourth-order valence-corrected chi connectivity index (χ4v) is 1.48. The summed E-state index contributed by atoms with van der Waals surface area (Å²) in [6.07, 6.45) is 0. The Morgan fingerprint density at radius 2 is 1.94 bits per heavy atom. The van der Waals surface area contributed by atoms with Crippen molar-refractivity contribution in [1.29, 1.82) is 0 Å². The van der Waals surface area contributed by atoms with Crippen LogP contribution in [0, 0.1) is 0 Å². The first-order chi connectivity index (χ1) is 8.15. The van der Waals surface area contributed by atoms with Gasteiger partial charge in [-0.3, -0.25) is 0 Å². The molecule has 0 amide bonds. The van der Waals surface area contributed by atoms with Gasteiger partial charge in [-0.05, 0) is 6.07 Å². The number of ether oxygens (including phenoxy) is 2. The van der Waals surface area contributed by atoms with Gasteiger partial charge in [0.1, 0.15) is 17.0 Å². The first-order valence-electron chi connectivity index (χ1n) is 4.78. The minimum absolute atomic E-state index is 0.124. The van der Waals surface area contributed by atoms with Crippen LogP contribution in [0.25, 0.3) is 10.9 Å². The minimum atomic E-state index is -1.13. The van der Waals surface area contributed by atoms with E-state index in [0.717, 1.165) is 0 Å². The van der Waals surface area contributed by atoms with Crippen molar-refractivity contribution in [3.8, 4) is 11.5 Å². The predicted molar refractivity (Wildman–Crippen MR) is 59.6 cm³/mol. The van der Waals surface area contributed by atoms with Gasteiger partial charge < -0.3 is 14.6 Å². The summed E-state index contributed by atoms with van der Waals surface area (Å²) in [5, 5.41) is 16.8. The number of methoxy groups -OCH3 is 2. The largest absolute Gasteiger partial charge is 0.497 e. The summed E-state index contributed by atoms with van der Waals surface area (Å²) in [7, 11) is 3.02. The molecule has 0 atom stereocenters. The van der Waals surface area contributed by atoms with E-state index >= 15 is 0 Å². The molecule has 6 nitrogen and oxygen atoms in total. The fraction of sp³-hybridized carbons (Fsp3) is 0.182. The van der Waals surface area contributed by atoms with Crippen molar-refractivity contribution in [3.05, 3.63) is 23.9 Å². The van der Waals surface area contributed by atoms with Gasteiger partial charge in [-0.15, -0.1) is 10.2 Å². The number of nitrogens with zero attached hydrogens (tertiary/aromatic N) is 2. The summed E-state index contributed by atoms with van der Waals surface area (Å²) >= 11 is 0. The number of fused-ring (bicyclic) bond motifs is 1. The van der Waals surface area contributed by atoms with Gasteiger partial charge in [-0.1, -0.05) is 0 Å². The van der Waals surface area contributed by atoms with E-state index in [1.807, 2.05) is 0 Å². The van der Waals surface area contributed by atoms with E-state index in [-0.39, 0.29) is 5.69 Å². The summed E-state index contributed by atoms with van der Waals surface area (Å²) in [6, 6.07) is 4.75. The molecule has 0 aliphatic carbocycles. The Morgan fingerprint density at radius 3 is 2.53 bits per heavy atom. The van der Waals surface area contributed by atoms with Crippen LogP contribution in [0.4, 0.5) is 0 Å². The monoisotopic (exact) mass is 234 g/mol. The lowest BCUT2D eigenvalue weighted by Gasteiger charge is -2.07. The highest BCUT2D eigenvalue weighted by Crippen LogP contribution is 2.29. The summed E-state index contributed by atoms with van der Waals surface area (Å²) in [5.41, 5.74) is 0.396. The third-order valence-corrected chi connectivity index (χ3v) is 2.32. The van der Waals surface area contributed by atoms with E-state index in [1.165, 1.54) is 20.3 Å². The lowest BCUT2D eigenvalue weighted by atomic mass is 10.2. The third kappa shape index (κ3) is 1.96. The van der Waals surface area contributed by atoms with Crippen molar-refractivity contribution in [2.45, 2.75) is 0 Å². The van der Waals surface area contributed by atoms with E-state index in [1.54, 1.807) is 12.1 Å². The standard InChI is InChI=1S/C11H10N2O4/c1-16-6-3-8-7(10(4-6)17-2)5-9(11(14)15)13-12-8/h3-5H,1-2H3,(H,14,15). The highest BCUT2D eigenvalue weighted by molar-refractivity contribution is 5.93. The van der Waals surface area contributed by atoms with Gasteiger partial charge in [0, 0.05) is 17.5 Å². The van der Waals surface area contributed by atoms with Crippen molar-refractivity contribution < 1.29 is 19.4 Å². The molecule has 0 saturated carbocycles. The van der Waals surface area contributed by atoms with Crippen LogP contribution in [0.3, 0.4) is 0 Å². The molecule has 0 saturated heterocycles. The number of rotatable bonds is 3. The quantitative estimate of drug-likeness (QED) is 0.863. The lowest BCUT2D eigenvalue weighted by Crippen LogP contribution is -2.02. The van der Waals surface area contributed by atoms with Crippen LogP contribution >= 0.6 is 0 Å². The van der Waals surface area contributed by atoms with Gasteiger partial charge in [-0.25, -0.2) is 4.79 Å². The first kappa shape index (κ1) is 11.1. The van der Waals surface area contributed by atoms with Crippen molar-refractivity contribution in [2.24, 2.45) is 0 Å². The Morgan fingerprint density at radius 1 is 1.18 bits per heavy atom. The molecule has 0 bridgehead atoms. The molecular weight excluding hydrogens is 224 g/mol. The number of carboxylic acid groups (broad SMARTS) is 1. The van der Waals surface area contributed by atoms with Crippen molar-refractivity contribution in [1.82, 2.24) is 10.2 Å². The average Bonchev–Trinajstić information content (AvgIpc) is 2.36. The molecular formula is C11H10N2O4. The Kier molecular flexibility index (Phi) is 2.78. The van der Waals surface area contributed by atoms with E-state index < -0.39 is 5.97 Å². The van der Waals surface area contributed by atoms with Crippen LogP contribution in [0.1, 0.15) is 10.5 Å². The van der Waals surface area contributed by atoms with Crippen LogP contribution in [0.15, 0.2) is 18.2 Å². The van der Waals surface area contributed by atoms with Crippen LogP contribution in [-0.2, 0) is 0 Å². The summed E-state index contributed by atoms with van der Waals surface area (Å²) in [6.45, 7) is 0. The molecule has 0 unspecified atom stereocenters. The average molecular weight is 234 g/mol. The maximum atomic E-state index is 10.8. The number of hydrogen-bond acceptors (Lipinski definition) is 5. The van der Waals surface area contributed by atoms with E-state index in [0.29, 0.717) is 22.4 Å². The predicted octanol–water partition coefficient (Wildman–Crippen LogP) is 1.35. The zero-order chi connectivity index (χ0) is 12.4. The minimum Gasteiger partial charge on any atom is -0.497 e. The number of carboxylic acids is 1.